The number of likely N-dealkylation sites (tertiary alicyclic amines) is 1. The Morgan fingerprint density at radius 3 is 2.58 bits per heavy atom. The number of carboxylic acids is 1. The van der Waals surface area contributed by atoms with E-state index in [-0.39, 0.29) is 31.2 Å². The number of nitrogens with zero attached hydrogens (tertiary/aromatic N) is 1. The van der Waals surface area contributed by atoms with Crippen LogP contribution in [0.5, 0.6) is 0 Å². The Balaban J connectivity index is 2.02. The molecule has 0 bridgehead atoms. The van der Waals surface area contributed by atoms with Crippen LogP contribution in [0.1, 0.15) is 30.7 Å². The number of carboxylic acid groups (broad SMARTS) is 1. The van der Waals surface area contributed by atoms with Crippen LogP contribution in [0, 0.1) is 0 Å². The van der Waals surface area contributed by atoms with Crippen LogP contribution in [0.15, 0.2) is 30.3 Å². The lowest BCUT2D eigenvalue weighted by molar-refractivity contribution is -0.141. The maximum absolute atomic E-state index is 12.1. The van der Waals surface area contributed by atoms with Gasteiger partial charge in [0.25, 0.3) is 0 Å². The van der Waals surface area contributed by atoms with Crippen LogP contribution in [0.3, 0.4) is 0 Å². The number of imide groups is 1. The van der Waals surface area contributed by atoms with Gasteiger partial charge in [-0.1, -0.05) is 30.3 Å². The molecule has 0 aromatic heterocycles. The normalized spacial score (nSPS) is 18.9. The van der Waals surface area contributed by atoms with Gasteiger partial charge in [0.15, 0.2) is 0 Å². The first-order chi connectivity index (χ1) is 9.09. The molecule has 2 amide bonds. The summed E-state index contributed by atoms with van der Waals surface area (Å²) in [4.78, 5) is 35.6. The number of hydrogen-bond donors (Lipinski definition) is 1. The van der Waals surface area contributed by atoms with Crippen molar-refractivity contribution in [3.63, 3.8) is 0 Å². The molecule has 0 saturated carbocycles. The van der Waals surface area contributed by atoms with E-state index in [0.29, 0.717) is 6.42 Å². The molecule has 1 aromatic rings. The highest BCUT2D eigenvalue weighted by atomic mass is 16.4. The minimum absolute atomic E-state index is 0.0347. The highest BCUT2D eigenvalue weighted by Crippen LogP contribution is 2.29. The third-order valence-corrected chi connectivity index (χ3v) is 3.22. The van der Waals surface area contributed by atoms with Gasteiger partial charge in [0.2, 0.25) is 11.8 Å². The van der Waals surface area contributed by atoms with Gasteiger partial charge in [-0.05, 0) is 12.0 Å². The fraction of sp³-hybridized carbons (Fsp3) is 0.357. The molecule has 2 rings (SSSR count). The van der Waals surface area contributed by atoms with Crippen LogP contribution in [0.2, 0.25) is 0 Å². The fourth-order valence-electron chi connectivity index (χ4n) is 2.25. The first kappa shape index (κ1) is 13.3. The molecular formula is C14H15NO4. The standard InChI is InChI=1S/C14H15NO4/c16-12-9-11(10-5-2-1-3-6-10)14(19)15(12)8-4-7-13(17)18/h1-3,5-6,11H,4,7-9H2,(H,17,18). The molecule has 1 saturated heterocycles. The Hall–Kier alpha value is -2.17. The molecule has 0 radical (unpaired) electrons. The number of hydrogen-bond acceptors (Lipinski definition) is 3. The van der Waals surface area contributed by atoms with E-state index in [9.17, 15) is 14.4 Å². The second-order valence-corrected chi connectivity index (χ2v) is 4.55. The Morgan fingerprint density at radius 2 is 1.95 bits per heavy atom. The van der Waals surface area contributed by atoms with Crippen molar-refractivity contribution in [1.29, 1.82) is 0 Å². The molecule has 5 heteroatoms. The number of carbonyl (C=O) groups is 3. The van der Waals surface area contributed by atoms with E-state index >= 15 is 0 Å². The van der Waals surface area contributed by atoms with Gasteiger partial charge in [-0.2, -0.15) is 0 Å². The van der Waals surface area contributed by atoms with Crippen LogP contribution < -0.4 is 0 Å². The zero-order valence-electron chi connectivity index (χ0n) is 10.4. The van der Waals surface area contributed by atoms with Gasteiger partial charge in [0, 0.05) is 19.4 Å². The maximum Gasteiger partial charge on any atom is 0.303 e. The van der Waals surface area contributed by atoms with Gasteiger partial charge in [-0.15, -0.1) is 0 Å². The first-order valence-electron chi connectivity index (χ1n) is 6.20. The van der Waals surface area contributed by atoms with E-state index < -0.39 is 11.9 Å². The topological polar surface area (TPSA) is 74.7 Å². The monoisotopic (exact) mass is 261 g/mol. The van der Waals surface area contributed by atoms with Crippen molar-refractivity contribution in [1.82, 2.24) is 4.90 Å². The lowest BCUT2D eigenvalue weighted by Crippen LogP contribution is -2.31. The van der Waals surface area contributed by atoms with E-state index in [1.54, 1.807) is 0 Å². The quantitative estimate of drug-likeness (QED) is 0.813. The molecule has 5 nitrogen and oxygen atoms in total. The van der Waals surface area contributed by atoms with Gasteiger partial charge < -0.3 is 5.11 Å². The average molecular weight is 261 g/mol. The fourth-order valence-corrected chi connectivity index (χ4v) is 2.25. The summed E-state index contributed by atoms with van der Waals surface area (Å²) in [6.45, 7) is 0.188. The van der Waals surface area contributed by atoms with E-state index in [0.717, 1.165) is 5.56 Å². The van der Waals surface area contributed by atoms with E-state index in [4.69, 9.17) is 5.11 Å². The molecule has 1 aliphatic heterocycles. The average Bonchev–Trinajstić information content (AvgIpc) is 2.67. The summed E-state index contributed by atoms with van der Waals surface area (Å²) in [5.41, 5.74) is 0.835. The van der Waals surface area contributed by atoms with Crippen LogP contribution in [0.25, 0.3) is 0 Å². The summed E-state index contributed by atoms with van der Waals surface area (Å²) < 4.78 is 0. The minimum atomic E-state index is -0.918. The zero-order chi connectivity index (χ0) is 13.8. The molecule has 1 heterocycles. The maximum atomic E-state index is 12.1. The predicted molar refractivity (Wildman–Crippen MR) is 67.4 cm³/mol. The molecule has 100 valence electrons. The second-order valence-electron chi connectivity index (χ2n) is 4.55. The van der Waals surface area contributed by atoms with Gasteiger partial charge in [-0.3, -0.25) is 19.3 Å². The number of carbonyl (C=O) groups excluding carboxylic acids is 2. The number of benzene rings is 1. The summed E-state index contributed by atoms with van der Waals surface area (Å²) in [5.74, 6) is -1.77. The van der Waals surface area contributed by atoms with Gasteiger partial charge in [0.05, 0.1) is 5.92 Å². The highest BCUT2D eigenvalue weighted by Gasteiger charge is 2.38. The number of aliphatic carboxylic acids is 1. The summed E-state index contributed by atoms with van der Waals surface area (Å²) in [7, 11) is 0. The SMILES string of the molecule is O=C(O)CCCN1C(=O)CC(c2ccccc2)C1=O. The Morgan fingerprint density at radius 1 is 1.26 bits per heavy atom. The van der Waals surface area contributed by atoms with E-state index in [1.165, 1.54) is 4.90 Å². The molecule has 1 atom stereocenters. The second kappa shape index (κ2) is 5.65. The largest absolute Gasteiger partial charge is 0.481 e. The molecule has 1 aromatic carbocycles. The Kier molecular flexibility index (Phi) is 3.94. The minimum Gasteiger partial charge on any atom is -0.481 e. The molecule has 1 unspecified atom stereocenters. The summed E-state index contributed by atoms with van der Waals surface area (Å²) in [6.07, 6.45) is 0.442. The van der Waals surface area contributed by atoms with Crippen molar-refractivity contribution in [3.05, 3.63) is 35.9 Å². The Labute approximate surface area is 110 Å². The van der Waals surface area contributed by atoms with Crippen LogP contribution in [0.4, 0.5) is 0 Å². The molecule has 0 spiro atoms. The lowest BCUT2D eigenvalue weighted by atomic mass is 9.98. The molecule has 1 fully saturated rings. The van der Waals surface area contributed by atoms with Crippen molar-refractivity contribution in [3.8, 4) is 0 Å². The number of rotatable bonds is 5. The highest BCUT2D eigenvalue weighted by molar-refractivity contribution is 6.06. The lowest BCUT2D eigenvalue weighted by Gasteiger charge is -2.14. The zero-order valence-corrected chi connectivity index (χ0v) is 10.4. The van der Waals surface area contributed by atoms with Gasteiger partial charge in [-0.25, -0.2) is 0 Å². The summed E-state index contributed by atoms with van der Waals surface area (Å²) in [6, 6.07) is 9.18. The van der Waals surface area contributed by atoms with Crippen molar-refractivity contribution >= 4 is 17.8 Å². The summed E-state index contributed by atoms with van der Waals surface area (Å²) >= 11 is 0. The van der Waals surface area contributed by atoms with Gasteiger partial charge in [0.1, 0.15) is 0 Å². The van der Waals surface area contributed by atoms with Crippen molar-refractivity contribution < 1.29 is 19.5 Å². The molecule has 19 heavy (non-hydrogen) atoms. The molecular weight excluding hydrogens is 246 g/mol. The summed E-state index contributed by atoms with van der Waals surface area (Å²) in [5, 5.41) is 8.56. The van der Waals surface area contributed by atoms with Crippen LogP contribution >= 0.6 is 0 Å². The van der Waals surface area contributed by atoms with Crippen LogP contribution in [-0.2, 0) is 14.4 Å². The van der Waals surface area contributed by atoms with Crippen molar-refractivity contribution in [2.75, 3.05) is 6.54 Å². The van der Waals surface area contributed by atoms with Crippen molar-refractivity contribution in [2.45, 2.75) is 25.2 Å². The first-order valence-corrected chi connectivity index (χ1v) is 6.20. The third kappa shape index (κ3) is 2.99. The molecule has 0 aliphatic carbocycles. The predicted octanol–water partition coefficient (Wildman–Crippen LogP) is 1.39. The molecule has 1 N–H and O–H groups in total. The third-order valence-electron chi connectivity index (χ3n) is 3.22. The number of amides is 2. The van der Waals surface area contributed by atoms with Crippen LogP contribution in [-0.4, -0.2) is 34.3 Å². The smallest absolute Gasteiger partial charge is 0.303 e. The van der Waals surface area contributed by atoms with E-state index in [2.05, 4.69) is 0 Å². The van der Waals surface area contributed by atoms with E-state index in [1.807, 2.05) is 30.3 Å². The van der Waals surface area contributed by atoms with Crippen molar-refractivity contribution in [2.24, 2.45) is 0 Å². The Bertz CT molecular complexity index is 497. The van der Waals surface area contributed by atoms with Gasteiger partial charge >= 0.3 is 5.97 Å². The molecule has 1 aliphatic rings.